The number of esters is 1. The molecule has 0 aliphatic carbocycles. The van der Waals surface area contributed by atoms with Crippen LogP contribution in [0.15, 0.2) is 10.7 Å². The Morgan fingerprint density at radius 3 is 2.48 bits per heavy atom. The smallest absolute Gasteiger partial charge is 0.306 e. The van der Waals surface area contributed by atoms with Gasteiger partial charge in [0.1, 0.15) is 6.26 Å². The zero-order valence-electron chi connectivity index (χ0n) is 16.9. The van der Waals surface area contributed by atoms with Crippen LogP contribution in [0.25, 0.3) is 0 Å². The van der Waals surface area contributed by atoms with Crippen molar-refractivity contribution in [2.24, 2.45) is 11.8 Å². The zero-order valence-corrected chi connectivity index (χ0v) is 16.9. The average molecular weight is 381 g/mol. The van der Waals surface area contributed by atoms with Crippen molar-refractivity contribution >= 4 is 17.8 Å². The molecule has 0 aliphatic rings. The molecule has 152 valence electrons. The van der Waals surface area contributed by atoms with Crippen molar-refractivity contribution in [2.45, 2.75) is 54.0 Å². The Bertz CT molecular complexity index is 625. The monoisotopic (exact) mass is 381 g/mol. The number of ether oxygens (including phenoxy) is 1. The SMILES string of the molecule is CCOC(=O)CCC(=O)N(Cc1nc(C(=O)NCC(C)C)co1)CC(C)C. The van der Waals surface area contributed by atoms with E-state index in [1.165, 1.54) is 6.26 Å². The molecule has 27 heavy (non-hydrogen) atoms. The maximum absolute atomic E-state index is 12.5. The van der Waals surface area contributed by atoms with Crippen LogP contribution in [-0.4, -0.2) is 47.4 Å². The molecule has 0 spiro atoms. The molecule has 0 saturated heterocycles. The molecule has 8 nitrogen and oxygen atoms in total. The number of amides is 2. The van der Waals surface area contributed by atoms with Crippen LogP contribution in [0.2, 0.25) is 0 Å². The first-order valence-corrected chi connectivity index (χ1v) is 9.38. The minimum absolute atomic E-state index is 0.0374. The first-order valence-electron chi connectivity index (χ1n) is 9.38. The van der Waals surface area contributed by atoms with Crippen molar-refractivity contribution in [1.29, 1.82) is 0 Å². The molecule has 0 saturated carbocycles. The molecule has 8 heteroatoms. The van der Waals surface area contributed by atoms with Gasteiger partial charge in [0.05, 0.1) is 19.6 Å². The van der Waals surface area contributed by atoms with Crippen molar-refractivity contribution in [3.05, 3.63) is 17.8 Å². The third-order valence-corrected chi connectivity index (χ3v) is 3.57. The van der Waals surface area contributed by atoms with Gasteiger partial charge in [0, 0.05) is 19.5 Å². The maximum Gasteiger partial charge on any atom is 0.306 e. The minimum Gasteiger partial charge on any atom is -0.466 e. The Labute approximate surface area is 160 Å². The van der Waals surface area contributed by atoms with E-state index in [4.69, 9.17) is 9.15 Å². The second-order valence-electron chi connectivity index (χ2n) is 7.20. The fourth-order valence-electron chi connectivity index (χ4n) is 2.33. The number of nitrogens with zero attached hydrogens (tertiary/aromatic N) is 2. The van der Waals surface area contributed by atoms with Crippen LogP contribution < -0.4 is 5.32 Å². The summed E-state index contributed by atoms with van der Waals surface area (Å²) in [7, 11) is 0. The zero-order chi connectivity index (χ0) is 20.4. The fourth-order valence-corrected chi connectivity index (χ4v) is 2.33. The topological polar surface area (TPSA) is 102 Å². The largest absolute Gasteiger partial charge is 0.466 e. The number of carbonyl (C=O) groups is 3. The van der Waals surface area contributed by atoms with Crippen molar-refractivity contribution in [3.63, 3.8) is 0 Å². The predicted octanol–water partition coefficient (Wildman–Crippen LogP) is 2.39. The number of carbonyl (C=O) groups excluding carboxylic acids is 3. The van der Waals surface area contributed by atoms with Gasteiger partial charge in [0.2, 0.25) is 11.8 Å². The highest BCUT2D eigenvalue weighted by atomic mass is 16.5. The summed E-state index contributed by atoms with van der Waals surface area (Å²) < 4.78 is 10.2. The first kappa shape index (κ1) is 22.7. The lowest BCUT2D eigenvalue weighted by Gasteiger charge is -2.23. The van der Waals surface area contributed by atoms with Gasteiger partial charge in [-0.15, -0.1) is 0 Å². The van der Waals surface area contributed by atoms with Crippen LogP contribution in [0, 0.1) is 11.8 Å². The highest BCUT2D eigenvalue weighted by Crippen LogP contribution is 2.11. The first-order chi connectivity index (χ1) is 12.7. The van der Waals surface area contributed by atoms with Gasteiger partial charge in [0.15, 0.2) is 5.69 Å². The van der Waals surface area contributed by atoms with Crippen molar-refractivity contribution in [3.8, 4) is 0 Å². The Balaban J connectivity index is 2.69. The quantitative estimate of drug-likeness (QED) is 0.591. The van der Waals surface area contributed by atoms with E-state index in [-0.39, 0.29) is 48.7 Å². The number of aromatic nitrogens is 1. The molecule has 0 fully saturated rings. The van der Waals surface area contributed by atoms with Crippen LogP contribution in [0.4, 0.5) is 0 Å². The summed E-state index contributed by atoms with van der Waals surface area (Å²) in [5.41, 5.74) is 0.189. The summed E-state index contributed by atoms with van der Waals surface area (Å²) in [6.45, 7) is 11.2. The Morgan fingerprint density at radius 2 is 1.89 bits per heavy atom. The van der Waals surface area contributed by atoms with E-state index in [0.29, 0.717) is 25.6 Å². The molecule has 2 amide bonds. The molecule has 0 aliphatic heterocycles. The second-order valence-corrected chi connectivity index (χ2v) is 7.20. The van der Waals surface area contributed by atoms with Gasteiger partial charge in [-0.1, -0.05) is 27.7 Å². The van der Waals surface area contributed by atoms with Crippen LogP contribution in [-0.2, 0) is 20.9 Å². The van der Waals surface area contributed by atoms with Gasteiger partial charge in [-0.3, -0.25) is 14.4 Å². The molecule has 1 N–H and O–H groups in total. The maximum atomic E-state index is 12.5. The summed E-state index contributed by atoms with van der Waals surface area (Å²) >= 11 is 0. The van der Waals surface area contributed by atoms with Crippen LogP contribution in [0.5, 0.6) is 0 Å². The lowest BCUT2D eigenvalue weighted by molar-refractivity contribution is -0.146. The molecule has 1 aromatic rings. The predicted molar refractivity (Wildman–Crippen MR) is 99.8 cm³/mol. The fraction of sp³-hybridized carbons (Fsp3) is 0.684. The highest BCUT2D eigenvalue weighted by Gasteiger charge is 2.20. The summed E-state index contributed by atoms with van der Waals surface area (Å²) in [6, 6.07) is 0. The van der Waals surface area contributed by atoms with E-state index < -0.39 is 5.97 Å². The Morgan fingerprint density at radius 1 is 1.19 bits per heavy atom. The van der Waals surface area contributed by atoms with E-state index >= 15 is 0 Å². The number of rotatable bonds is 11. The molecular formula is C19H31N3O5. The number of hydrogen-bond donors (Lipinski definition) is 1. The second kappa shape index (κ2) is 11.4. The lowest BCUT2D eigenvalue weighted by atomic mass is 10.2. The number of nitrogens with one attached hydrogen (secondary N) is 1. The third-order valence-electron chi connectivity index (χ3n) is 3.57. The van der Waals surface area contributed by atoms with E-state index in [2.05, 4.69) is 10.3 Å². The summed E-state index contributed by atoms with van der Waals surface area (Å²) in [4.78, 5) is 41.7. The minimum atomic E-state index is -0.393. The van der Waals surface area contributed by atoms with E-state index in [9.17, 15) is 14.4 Å². The molecular weight excluding hydrogens is 350 g/mol. The highest BCUT2D eigenvalue weighted by molar-refractivity contribution is 5.91. The molecule has 0 bridgehead atoms. The Kier molecular flexibility index (Phi) is 9.53. The van der Waals surface area contributed by atoms with E-state index in [1.54, 1.807) is 11.8 Å². The van der Waals surface area contributed by atoms with Crippen LogP contribution in [0.1, 0.15) is 63.8 Å². The van der Waals surface area contributed by atoms with Gasteiger partial charge < -0.3 is 19.4 Å². The van der Waals surface area contributed by atoms with Gasteiger partial charge in [-0.25, -0.2) is 4.98 Å². The van der Waals surface area contributed by atoms with Crippen molar-refractivity contribution < 1.29 is 23.5 Å². The molecule has 1 rings (SSSR count). The number of oxazole rings is 1. The molecule has 0 radical (unpaired) electrons. The van der Waals surface area contributed by atoms with Gasteiger partial charge in [-0.05, 0) is 18.8 Å². The molecule has 1 heterocycles. The molecule has 0 unspecified atom stereocenters. The molecule has 0 aromatic carbocycles. The Hall–Kier alpha value is -2.38. The van der Waals surface area contributed by atoms with Crippen molar-refractivity contribution in [1.82, 2.24) is 15.2 Å². The average Bonchev–Trinajstić information content (AvgIpc) is 3.05. The molecule has 0 atom stereocenters. The van der Waals surface area contributed by atoms with Gasteiger partial charge in [-0.2, -0.15) is 0 Å². The summed E-state index contributed by atoms with van der Waals surface area (Å²) in [5.74, 6) is -0.0203. The lowest BCUT2D eigenvalue weighted by Crippen LogP contribution is -2.34. The van der Waals surface area contributed by atoms with Crippen LogP contribution in [0.3, 0.4) is 0 Å². The van der Waals surface area contributed by atoms with Gasteiger partial charge >= 0.3 is 5.97 Å². The normalized spacial score (nSPS) is 10.9. The third kappa shape index (κ3) is 8.70. The summed E-state index contributed by atoms with van der Waals surface area (Å²) in [5, 5.41) is 2.77. The van der Waals surface area contributed by atoms with E-state index in [1.807, 2.05) is 27.7 Å². The summed E-state index contributed by atoms with van der Waals surface area (Å²) in [6.07, 6.45) is 1.39. The van der Waals surface area contributed by atoms with Crippen LogP contribution >= 0.6 is 0 Å². The standard InChI is InChI=1S/C19H31N3O5/c1-6-26-18(24)8-7-17(23)22(10-14(4)5)11-16-21-15(12-27-16)19(25)20-9-13(2)3/h12-14H,6-11H2,1-5H3,(H,20,25). The molecule has 1 aromatic heterocycles. The van der Waals surface area contributed by atoms with E-state index in [0.717, 1.165) is 0 Å². The van der Waals surface area contributed by atoms with Crippen molar-refractivity contribution in [2.75, 3.05) is 19.7 Å². The number of hydrogen-bond acceptors (Lipinski definition) is 6. The van der Waals surface area contributed by atoms with Gasteiger partial charge in [0.25, 0.3) is 5.91 Å².